The molecule has 4 aromatic heterocycles. The maximum absolute atomic E-state index is 2.54. The van der Waals surface area contributed by atoms with E-state index in [9.17, 15) is 0 Å². The first-order valence-electron chi connectivity index (χ1n) is 17.7. The number of para-hydroxylation sites is 3. The van der Waals surface area contributed by atoms with E-state index in [4.69, 9.17) is 0 Å². The molecule has 0 saturated carbocycles. The molecule has 0 saturated heterocycles. The molecule has 12 rings (SSSR count). The van der Waals surface area contributed by atoms with Crippen molar-refractivity contribution in [2.24, 2.45) is 0 Å². The molecule has 0 atom stereocenters. The number of thiophene rings is 2. The van der Waals surface area contributed by atoms with Crippen molar-refractivity contribution < 1.29 is 0 Å². The standard InChI is InChI=1S/C48H28N2S2/c1-2-14-31(15-3-1)49-38-21-8-4-17-33(38)37-28-30(25-26-40(37)49)29-13-12-16-32(27-29)50-39-22-9-5-18-34(39)43-44-35-19-6-10-23-41(35)51-47(44)45-36-20-7-11-24-42(36)52-48(45)46(43)50/h1-28H. The molecule has 2 nitrogen and oxygen atoms in total. The van der Waals surface area contributed by atoms with Crippen LogP contribution in [0.4, 0.5) is 0 Å². The number of aromatic nitrogens is 2. The van der Waals surface area contributed by atoms with E-state index in [1.807, 2.05) is 22.7 Å². The van der Waals surface area contributed by atoms with Gasteiger partial charge in [-0.15, -0.1) is 22.7 Å². The molecule has 0 radical (unpaired) electrons. The lowest BCUT2D eigenvalue weighted by molar-refractivity contribution is 1.18. The van der Waals surface area contributed by atoms with Gasteiger partial charge in [-0.3, -0.25) is 0 Å². The van der Waals surface area contributed by atoms with Crippen LogP contribution in [0.2, 0.25) is 0 Å². The second kappa shape index (κ2) is 10.7. The highest BCUT2D eigenvalue weighted by atomic mass is 32.1. The lowest BCUT2D eigenvalue weighted by Gasteiger charge is -2.12. The van der Waals surface area contributed by atoms with E-state index in [1.165, 1.54) is 106 Å². The van der Waals surface area contributed by atoms with E-state index >= 15 is 0 Å². The quantitative estimate of drug-likeness (QED) is 0.174. The normalized spacial score (nSPS) is 12.2. The molecule has 0 aliphatic rings. The molecule has 52 heavy (non-hydrogen) atoms. The number of rotatable bonds is 3. The summed E-state index contributed by atoms with van der Waals surface area (Å²) in [7, 11) is 0. The van der Waals surface area contributed by atoms with Gasteiger partial charge in [0.15, 0.2) is 0 Å². The van der Waals surface area contributed by atoms with Crippen LogP contribution in [0.15, 0.2) is 170 Å². The number of nitrogens with zero attached hydrogens (tertiary/aromatic N) is 2. The highest BCUT2D eigenvalue weighted by Gasteiger charge is 2.24. The molecule has 0 unspecified atom stereocenters. The van der Waals surface area contributed by atoms with E-state index in [0.717, 1.165) is 0 Å². The minimum Gasteiger partial charge on any atom is -0.309 e. The van der Waals surface area contributed by atoms with Crippen molar-refractivity contribution in [2.75, 3.05) is 0 Å². The summed E-state index contributed by atoms with van der Waals surface area (Å²) < 4.78 is 10.3. The predicted molar refractivity (Wildman–Crippen MR) is 226 cm³/mol. The van der Waals surface area contributed by atoms with Crippen molar-refractivity contribution in [3.8, 4) is 22.5 Å². The Kier molecular flexibility index (Phi) is 5.84. The van der Waals surface area contributed by atoms with Gasteiger partial charge in [-0.05, 0) is 71.8 Å². The summed E-state index contributed by atoms with van der Waals surface area (Å²) in [4.78, 5) is 0. The molecule has 4 heterocycles. The van der Waals surface area contributed by atoms with Gasteiger partial charge >= 0.3 is 0 Å². The summed E-state index contributed by atoms with van der Waals surface area (Å²) in [5, 5.41) is 10.6. The Hall–Kier alpha value is -6.20. The van der Waals surface area contributed by atoms with Gasteiger partial charge in [-0.1, -0.05) is 109 Å². The molecule has 0 spiro atoms. The average Bonchev–Trinajstić information content (AvgIpc) is 3.96. The molecule has 0 amide bonds. The molecule has 8 aromatic carbocycles. The molecule has 0 aliphatic heterocycles. The van der Waals surface area contributed by atoms with E-state index in [2.05, 4.69) is 179 Å². The van der Waals surface area contributed by atoms with Gasteiger partial charge in [0.2, 0.25) is 0 Å². The fourth-order valence-electron chi connectivity index (χ4n) is 8.72. The van der Waals surface area contributed by atoms with E-state index < -0.39 is 0 Å². The number of hydrogen-bond donors (Lipinski definition) is 0. The second-order valence-corrected chi connectivity index (χ2v) is 15.8. The zero-order valence-corrected chi connectivity index (χ0v) is 29.5. The highest BCUT2D eigenvalue weighted by molar-refractivity contribution is 7.30. The first-order chi connectivity index (χ1) is 25.8. The molecular weight excluding hydrogens is 669 g/mol. The third-order valence-electron chi connectivity index (χ3n) is 10.9. The Labute approximate surface area is 306 Å². The third-order valence-corrected chi connectivity index (χ3v) is 13.2. The van der Waals surface area contributed by atoms with Crippen molar-refractivity contribution in [1.29, 1.82) is 0 Å². The van der Waals surface area contributed by atoms with Crippen molar-refractivity contribution in [3.05, 3.63) is 170 Å². The van der Waals surface area contributed by atoms with Gasteiger partial charge in [0.05, 0.1) is 26.8 Å². The molecule has 12 aromatic rings. The Bertz CT molecular complexity index is 3410. The molecule has 0 bridgehead atoms. The number of benzene rings is 8. The Morgan fingerprint density at radius 1 is 0.327 bits per heavy atom. The molecule has 0 aliphatic carbocycles. The summed E-state index contributed by atoms with van der Waals surface area (Å²) >= 11 is 3.86. The van der Waals surface area contributed by atoms with Crippen LogP contribution in [0, 0.1) is 0 Å². The van der Waals surface area contributed by atoms with Gasteiger partial charge < -0.3 is 9.13 Å². The second-order valence-electron chi connectivity index (χ2n) is 13.7. The van der Waals surface area contributed by atoms with Gasteiger partial charge in [0.25, 0.3) is 0 Å². The van der Waals surface area contributed by atoms with E-state index in [-0.39, 0.29) is 0 Å². The van der Waals surface area contributed by atoms with Gasteiger partial charge in [-0.25, -0.2) is 0 Å². The zero-order valence-electron chi connectivity index (χ0n) is 27.9. The fraction of sp³-hybridized carbons (Fsp3) is 0. The minimum absolute atomic E-state index is 1.17. The lowest BCUT2D eigenvalue weighted by Crippen LogP contribution is -1.95. The van der Waals surface area contributed by atoms with Crippen LogP contribution < -0.4 is 0 Å². The minimum atomic E-state index is 1.17. The van der Waals surface area contributed by atoms with Crippen LogP contribution >= 0.6 is 22.7 Å². The highest BCUT2D eigenvalue weighted by Crippen LogP contribution is 2.52. The summed E-state index contributed by atoms with van der Waals surface area (Å²) in [5.74, 6) is 0. The maximum atomic E-state index is 2.54. The van der Waals surface area contributed by atoms with Crippen LogP contribution in [0.1, 0.15) is 0 Å². The van der Waals surface area contributed by atoms with Crippen LogP contribution in [0.3, 0.4) is 0 Å². The number of fused-ring (bicyclic) bond motifs is 15. The van der Waals surface area contributed by atoms with E-state index in [1.54, 1.807) is 0 Å². The number of hydrogen-bond acceptors (Lipinski definition) is 2. The largest absolute Gasteiger partial charge is 0.309 e. The third kappa shape index (κ3) is 3.83. The first-order valence-corrected chi connectivity index (χ1v) is 19.3. The van der Waals surface area contributed by atoms with E-state index in [0.29, 0.717) is 0 Å². The maximum Gasteiger partial charge on any atom is 0.0727 e. The fourth-order valence-corrected chi connectivity index (χ4v) is 11.3. The summed E-state index contributed by atoms with van der Waals surface area (Å²) in [6, 6.07) is 62.5. The van der Waals surface area contributed by atoms with Gasteiger partial charge in [0, 0.05) is 68.6 Å². The van der Waals surface area contributed by atoms with Crippen molar-refractivity contribution in [2.45, 2.75) is 0 Å². The Balaban J connectivity index is 1.16. The topological polar surface area (TPSA) is 9.86 Å². The van der Waals surface area contributed by atoms with Crippen molar-refractivity contribution in [1.82, 2.24) is 9.13 Å². The van der Waals surface area contributed by atoms with Gasteiger partial charge in [-0.2, -0.15) is 0 Å². The average molecular weight is 697 g/mol. The smallest absolute Gasteiger partial charge is 0.0727 e. The zero-order chi connectivity index (χ0) is 33.9. The molecular formula is C48H28N2S2. The lowest BCUT2D eigenvalue weighted by atomic mass is 10.0. The predicted octanol–water partition coefficient (Wildman–Crippen LogP) is 14.3. The van der Waals surface area contributed by atoms with Crippen molar-refractivity contribution >= 4 is 107 Å². The summed E-state index contributed by atoms with van der Waals surface area (Å²) in [5.41, 5.74) is 9.74. The van der Waals surface area contributed by atoms with Crippen LogP contribution in [0.25, 0.3) is 106 Å². The molecule has 0 N–H and O–H groups in total. The van der Waals surface area contributed by atoms with Crippen LogP contribution in [0.5, 0.6) is 0 Å². The monoisotopic (exact) mass is 696 g/mol. The van der Waals surface area contributed by atoms with Gasteiger partial charge in [0.1, 0.15) is 0 Å². The molecule has 0 fully saturated rings. The van der Waals surface area contributed by atoms with Crippen LogP contribution in [-0.4, -0.2) is 9.13 Å². The Morgan fingerprint density at radius 3 is 1.69 bits per heavy atom. The van der Waals surface area contributed by atoms with Crippen LogP contribution in [-0.2, 0) is 0 Å². The summed E-state index contributed by atoms with van der Waals surface area (Å²) in [6.45, 7) is 0. The SMILES string of the molecule is c1ccc(-n2c3ccccc3c3cc(-c4cccc(-n5c6ccccc6c6c7c8ccccc8sc7c7c8ccccc8sc7c65)c4)ccc32)cc1. The summed E-state index contributed by atoms with van der Waals surface area (Å²) in [6.07, 6.45) is 0. The molecule has 242 valence electrons. The first kappa shape index (κ1) is 28.5. The Morgan fingerprint density at radius 2 is 0.904 bits per heavy atom. The molecule has 4 heteroatoms. The van der Waals surface area contributed by atoms with Crippen molar-refractivity contribution in [3.63, 3.8) is 0 Å².